The molecular weight excluding hydrogens is 435 g/mol. The van der Waals surface area contributed by atoms with Gasteiger partial charge >= 0.3 is 0 Å². The molecule has 0 fully saturated rings. The van der Waals surface area contributed by atoms with Gasteiger partial charge in [-0.05, 0) is 36.4 Å². The van der Waals surface area contributed by atoms with Crippen LogP contribution < -0.4 is 25.8 Å². The van der Waals surface area contributed by atoms with E-state index in [-0.39, 0.29) is 17.9 Å². The number of nitrogens with one attached hydrogen (secondary N) is 2. The number of rotatable bonds is 8. The number of anilines is 3. The lowest BCUT2D eigenvalue weighted by Crippen LogP contribution is -2.20. The molecule has 33 heavy (non-hydrogen) atoms. The molecule has 3 rings (SSSR count). The number of benzene rings is 3. The number of carbonyl (C=O) groups excluding carboxylic acids is 2. The maximum atomic E-state index is 13.7. The van der Waals surface area contributed by atoms with E-state index >= 15 is 0 Å². The minimum Gasteiger partial charge on any atom is -0.493 e. The molecule has 170 valence electrons. The smallest absolute Gasteiger partial charge is 0.295 e. The number of nitro groups is 1. The lowest BCUT2D eigenvalue weighted by molar-refractivity contribution is -0.384. The van der Waals surface area contributed by atoms with Crippen molar-refractivity contribution in [1.82, 2.24) is 0 Å². The van der Waals surface area contributed by atoms with Crippen LogP contribution >= 0.6 is 0 Å². The van der Waals surface area contributed by atoms with Gasteiger partial charge in [-0.2, -0.15) is 0 Å². The fourth-order valence-electron chi connectivity index (χ4n) is 2.89. The average Bonchev–Trinajstić information content (AvgIpc) is 2.79. The number of methoxy groups -OCH3 is 1. The molecule has 0 aliphatic heterocycles. The molecule has 0 aliphatic rings. The Hall–Kier alpha value is -4.67. The summed E-state index contributed by atoms with van der Waals surface area (Å²) in [6, 6.07) is 14.4. The molecule has 4 N–H and O–H groups in total. The molecule has 0 saturated heterocycles. The molecule has 11 heteroatoms. The van der Waals surface area contributed by atoms with Crippen molar-refractivity contribution in [3.63, 3.8) is 0 Å². The molecule has 3 aromatic carbocycles. The van der Waals surface area contributed by atoms with Gasteiger partial charge in [0, 0.05) is 11.4 Å². The summed E-state index contributed by atoms with van der Waals surface area (Å²) >= 11 is 0. The zero-order chi connectivity index (χ0) is 24.0. The highest BCUT2D eigenvalue weighted by Gasteiger charge is 2.22. The SMILES string of the molecule is COc1ccccc1OCC(=O)Nc1cccc(NC(=O)c2cc(F)cc([N+](=O)[O-])c2N)c1. The van der Waals surface area contributed by atoms with Crippen molar-refractivity contribution >= 4 is 34.6 Å². The Labute approximate surface area is 187 Å². The monoisotopic (exact) mass is 454 g/mol. The van der Waals surface area contributed by atoms with Gasteiger partial charge in [-0.15, -0.1) is 0 Å². The highest BCUT2D eigenvalue weighted by molar-refractivity contribution is 6.09. The van der Waals surface area contributed by atoms with E-state index in [1.54, 1.807) is 36.4 Å². The maximum Gasteiger partial charge on any atom is 0.295 e. The zero-order valence-corrected chi connectivity index (χ0v) is 17.3. The third-order valence-corrected chi connectivity index (χ3v) is 4.40. The molecule has 2 amide bonds. The summed E-state index contributed by atoms with van der Waals surface area (Å²) in [5.74, 6) is -1.41. The molecule has 0 heterocycles. The fraction of sp³-hybridized carbons (Fsp3) is 0.0909. The molecule has 10 nitrogen and oxygen atoms in total. The van der Waals surface area contributed by atoms with E-state index in [1.165, 1.54) is 19.2 Å². The second kappa shape index (κ2) is 10.1. The number of carbonyl (C=O) groups is 2. The third-order valence-electron chi connectivity index (χ3n) is 4.40. The van der Waals surface area contributed by atoms with E-state index in [0.717, 1.165) is 6.07 Å². The van der Waals surface area contributed by atoms with Gasteiger partial charge in [0.15, 0.2) is 18.1 Å². The van der Waals surface area contributed by atoms with Gasteiger partial charge < -0.3 is 25.8 Å². The van der Waals surface area contributed by atoms with Crippen LogP contribution in [0.4, 0.5) is 27.1 Å². The number of nitrogen functional groups attached to an aromatic ring is 1. The predicted molar refractivity (Wildman–Crippen MR) is 119 cm³/mol. The number of hydrogen-bond acceptors (Lipinski definition) is 7. The number of para-hydroxylation sites is 2. The normalized spacial score (nSPS) is 10.2. The molecule has 0 atom stereocenters. The van der Waals surface area contributed by atoms with E-state index in [0.29, 0.717) is 23.3 Å². The van der Waals surface area contributed by atoms with Crippen molar-refractivity contribution in [3.8, 4) is 11.5 Å². The van der Waals surface area contributed by atoms with Crippen LogP contribution in [0, 0.1) is 15.9 Å². The average molecular weight is 454 g/mol. The highest BCUT2D eigenvalue weighted by Crippen LogP contribution is 2.28. The highest BCUT2D eigenvalue weighted by atomic mass is 19.1. The van der Waals surface area contributed by atoms with Crippen LogP contribution in [0.15, 0.2) is 60.7 Å². The van der Waals surface area contributed by atoms with E-state index in [9.17, 15) is 24.1 Å². The number of amides is 2. The number of nitro benzene ring substituents is 1. The Balaban J connectivity index is 1.67. The molecule has 0 unspecified atom stereocenters. The Morgan fingerprint density at radius 3 is 2.36 bits per heavy atom. The summed E-state index contributed by atoms with van der Waals surface area (Å²) < 4.78 is 24.3. The van der Waals surface area contributed by atoms with Gasteiger partial charge in [0.1, 0.15) is 11.5 Å². The van der Waals surface area contributed by atoms with Gasteiger partial charge in [0.25, 0.3) is 17.5 Å². The first-order valence-electron chi connectivity index (χ1n) is 9.49. The number of hydrogen-bond donors (Lipinski definition) is 3. The van der Waals surface area contributed by atoms with E-state index in [1.807, 2.05) is 0 Å². The molecular formula is C22H19FN4O6. The van der Waals surface area contributed by atoms with Crippen LogP contribution in [-0.2, 0) is 4.79 Å². The first-order chi connectivity index (χ1) is 15.8. The van der Waals surface area contributed by atoms with Crippen molar-refractivity contribution in [1.29, 1.82) is 0 Å². The third kappa shape index (κ3) is 5.73. The first kappa shape index (κ1) is 23.0. The maximum absolute atomic E-state index is 13.7. The number of halogens is 1. The molecule has 3 aromatic rings. The molecule has 0 aliphatic carbocycles. The molecule has 0 saturated carbocycles. The summed E-state index contributed by atoms with van der Waals surface area (Å²) in [6.45, 7) is -0.291. The van der Waals surface area contributed by atoms with Crippen LogP contribution in [0.1, 0.15) is 10.4 Å². The lowest BCUT2D eigenvalue weighted by atomic mass is 10.1. The van der Waals surface area contributed by atoms with Gasteiger partial charge in [-0.25, -0.2) is 4.39 Å². The van der Waals surface area contributed by atoms with Crippen LogP contribution in [-0.4, -0.2) is 30.5 Å². The zero-order valence-electron chi connectivity index (χ0n) is 17.3. The molecule has 0 radical (unpaired) electrons. The molecule has 0 bridgehead atoms. The van der Waals surface area contributed by atoms with Crippen LogP contribution in [0.3, 0.4) is 0 Å². The topological polar surface area (TPSA) is 146 Å². The summed E-state index contributed by atoms with van der Waals surface area (Å²) in [6.07, 6.45) is 0. The van der Waals surface area contributed by atoms with Crippen LogP contribution in [0.25, 0.3) is 0 Å². The van der Waals surface area contributed by atoms with Crippen molar-refractivity contribution in [2.24, 2.45) is 0 Å². The Morgan fingerprint density at radius 2 is 1.70 bits per heavy atom. The minimum atomic E-state index is -0.975. The summed E-state index contributed by atoms with van der Waals surface area (Å²) in [5, 5.41) is 16.1. The van der Waals surface area contributed by atoms with E-state index < -0.39 is 33.9 Å². The Kier molecular flexibility index (Phi) is 7.03. The van der Waals surface area contributed by atoms with Crippen molar-refractivity contribution < 1.29 is 28.4 Å². The van der Waals surface area contributed by atoms with E-state index in [4.69, 9.17) is 15.2 Å². The van der Waals surface area contributed by atoms with Crippen LogP contribution in [0.5, 0.6) is 11.5 Å². The Morgan fingerprint density at radius 1 is 1.03 bits per heavy atom. The van der Waals surface area contributed by atoms with Gasteiger partial charge in [-0.1, -0.05) is 18.2 Å². The summed E-state index contributed by atoms with van der Waals surface area (Å²) in [5.41, 5.74) is 4.69. The Bertz CT molecular complexity index is 1220. The van der Waals surface area contributed by atoms with E-state index in [2.05, 4.69) is 10.6 Å². The van der Waals surface area contributed by atoms with Crippen LogP contribution in [0.2, 0.25) is 0 Å². The number of nitrogens with zero attached hydrogens (tertiary/aromatic N) is 1. The van der Waals surface area contributed by atoms with Crippen molar-refractivity contribution in [3.05, 3.63) is 82.2 Å². The van der Waals surface area contributed by atoms with Crippen molar-refractivity contribution in [2.45, 2.75) is 0 Å². The van der Waals surface area contributed by atoms with Gasteiger partial charge in [-0.3, -0.25) is 19.7 Å². The number of nitrogens with two attached hydrogens (primary N) is 1. The first-order valence-corrected chi connectivity index (χ1v) is 9.49. The summed E-state index contributed by atoms with van der Waals surface area (Å²) in [4.78, 5) is 34.9. The van der Waals surface area contributed by atoms with Gasteiger partial charge in [0.2, 0.25) is 0 Å². The predicted octanol–water partition coefficient (Wildman–Crippen LogP) is 3.59. The van der Waals surface area contributed by atoms with Crippen molar-refractivity contribution in [2.75, 3.05) is 30.1 Å². The second-order valence-electron chi connectivity index (χ2n) is 6.67. The molecule has 0 aromatic heterocycles. The largest absolute Gasteiger partial charge is 0.493 e. The summed E-state index contributed by atoms with van der Waals surface area (Å²) in [7, 11) is 1.48. The standard InChI is InChI=1S/C22H19FN4O6/c1-32-18-7-2-3-8-19(18)33-12-20(28)25-14-5-4-6-15(11-14)26-22(29)16-9-13(23)10-17(21(16)24)27(30)31/h2-11H,12,24H2,1H3,(H,25,28)(H,26,29). The van der Waals surface area contributed by atoms with Gasteiger partial charge in [0.05, 0.1) is 23.7 Å². The minimum absolute atomic E-state index is 0.245. The molecule has 0 spiro atoms. The lowest BCUT2D eigenvalue weighted by Gasteiger charge is -2.12. The number of ether oxygens (including phenoxy) is 2. The second-order valence-corrected chi connectivity index (χ2v) is 6.67. The fourth-order valence-corrected chi connectivity index (χ4v) is 2.89. The quantitative estimate of drug-likeness (QED) is 0.268.